The van der Waals surface area contributed by atoms with Gasteiger partial charge in [0.05, 0.1) is 5.60 Å². The van der Waals surface area contributed by atoms with Crippen LogP contribution < -0.4 is 5.73 Å². The van der Waals surface area contributed by atoms with Crippen LogP contribution in [-0.4, -0.2) is 17.3 Å². The van der Waals surface area contributed by atoms with Crippen LogP contribution in [0.2, 0.25) is 0 Å². The maximum atomic E-state index is 10.9. The van der Waals surface area contributed by atoms with E-state index in [9.17, 15) is 5.11 Å². The van der Waals surface area contributed by atoms with E-state index in [4.69, 9.17) is 5.73 Å². The van der Waals surface area contributed by atoms with Crippen molar-refractivity contribution in [3.05, 3.63) is 0 Å². The molecule has 0 spiro atoms. The van der Waals surface area contributed by atoms with E-state index in [1.54, 1.807) is 0 Å². The van der Waals surface area contributed by atoms with E-state index in [2.05, 4.69) is 6.92 Å². The summed E-state index contributed by atoms with van der Waals surface area (Å²) in [6, 6.07) is 0. The van der Waals surface area contributed by atoms with Gasteiger partial charge in [0.15, 0.2) is 0 Å². The standard InChI is InChI=1S/C15H29NO/c1-2-5-13-6-10-14(12-16,11-7-13)15(17)8-3-4-9-15/h13,17H,2-12,16H2,1H3. The average Bonchev–Trinajstić information content (AvgIpc) is 2.79. The Bertz CT molecular complexity index is 237. The molecule has 0 radical (unpaired) electrons. The second-order valence-corrected chi connectivity index (χ2v) is 6.46. The molecule has 0 unspecified atom stereocenters. The Kier molecular flexibility index (Phi) is 4.14. The fourth-order valence-corrected chi connectivity index (χ4v) is 4.28. The fraction of sp³-hybridized carbons (Fsp3) is 1.00. The second kappa shape index (κ2) is 5.27. The summed E-state index contributed by atoms with van der Waals surface area (Å²) < 4.78 is 0. The third-order valence-corrected chi connectivity index (χ3v) is 5.57. The minimum Gasteiger partial charge on any atom is -0.389 e. The number of nitrogens with two attached hydrogens (primary N) is 1. The van der Waals surface area contributed by atoms with E-state index in [0.29, 0.717) is 6.54 Å². The maximum absolute atomic E-state index is 10.9. The van der Waals surface area contributed by atoms with Gasteiger partial charge in [0, 0.05) is 12.0 Å². The first-order valence-corrected chi connectivity index (χ1v) is 7.58. The van der Waals surface area contributed by atoms with Gasteiger partial charge in [-0.15, -0.1) is 0 Å². The Hall–Kier alpha value is -0.0800. The summed E-state index contributed by atoms with van der Waals surface area (Å²) in [6.07, 6.45) is 11.9. The lowest BCUT2D eigenvalue weighted by molar-refractivity contribution is -0.100. The van der Waals surface area contributed by atoms with Gasteiger partial charge in [-0.05, 0) is 44.4 Å². The van der Waals surface area contributed by atoms with Crippen LogP contribution in [0.1, 0.15) is 71.1 Å². The molecule has 2 fully saturated rings. The SMILES string of the molecule is CCCC1CCC(CN)(C2(O)CCCC2)CC1. The molecule has 0 aromatic carbocycles. The van der Waals surface area contributed by atoms with Gasteiger partial charge in [0.25, 0.3) is 0 Å². The summed E-state index contributed by atoms with van der Waals surface area (Å²) in [5.74, 6) is 0.893. The van der Waals surface area contributed by atoms with E-state index in [0.717, 1.165) is 31.6 Å². The topological polar surface area (TPSA) is 46.2 Å². The molecule has 0 atom stereocenters. The first-order chi connectivity index (χ1) is 8.16. The molecule has 17 heavy (non-hydrogen) atoms. The molecule has 2 nitrogen and oxygen atoms in total. The minimum atomic E-state index is -0.432. The molecule has 0 heterocycles. The lowest BCUT2D eigenvalue weighted by Gasteiger charge is -2.49. The van der Waals surface area contributed by atoms with Gasteiger partial charge in [-0.3, -0.25) is 0 Å². The Morgan fingerprint density at radius 1 is 1.12 bits per heavy atom. The third-order valence-electron chi connectivity index (χ3n) is 5.57. The Balaban J connectivity index is 2.02. The molecule has 0 aromatic rings. The van der Waals surface area contributed by atoms with Gasteiger partial charge in [-0.2, -0.15) is 0 Å². The van der Waals surface area contributed by atoms with Crippen LogP contribution in [0, 0.1) is 11.3 Å². The molecule has 2 aliphatic rings. The van der Waals surface area contributed by atoms with E-state index in [-0.39, 0.29) is 5.41 Å². The zero-order valence-electron chi connectivity index (χ0n) is 11.4. The summed E-state index contributed by atoms with van der Waals surface area (Å²) in [4.78, 5) is 0. The van der Waals surface area contributed by atoms with Crippen molar-refractivity contribution in [1.29, 1.82) is 0 Å². The number of rotatable bonds is 4. The number of hydrogen-bond acceptors (Lipinski definition) is 2. The molecule has 2 aliphatic carbocycles. The van der Waals surface area contributed by atoms with Gasteiger partial charge >= 0.3 is 0 Å². The van der Waals surface area contributed by atoms with Crippen LogP contribution in [0.4, 0.5) is 0 Å². The first-order valence-electron chi connectivity index (χ1n) is 7.58. The normalized spacial score (nSPS) is 37.2. The van der Waals surface area contributed by atoms with Crippen molar-refractivity contribution < 1.29 is 5.11 Å². The van der Waals surface area contributed by atoms with Crippen LogP contribution in [0.3, 0.4) is 0 Å². The Morgan fingerprint density at radius 3 is 2.18 bits per heavy atom. The van der Waals surface area contributed by atoms with Gasteiger partial charge in [-0.25, -0.2) is 0 Å². The highest BCUT2D eigenvalue weighted by Crippen LogP contribution is 2.52. The molecule has 2 rings (SSSR count). The lowest BCUT2D eigenvalue weighted by atomic mass is 9.60. The molecule has 0 bridgehead atoms. The van der Waals surface area contributed by atoms with Crippen LogP contribution in [0.25, 0.3) is 0 Å². The van der Waals surface area contributed by atoms with Crippen molar-refractivity contribution in [3.8, 4) is 0 Å². The summed E-state index contributed by atoms with van der Waals surface area (Å²) >= 11 is 0. The van der Waals surface area contributed by atoms with Crippen molar-refractivity contribution in [1.82, 2.24) is 0 Å². The summed E-state index contributed by atoms with van der Waals surface area (Å²) in [7, 11) is 0. The van der Waals surface area contributed by atoms with Gasteiger partial charge in [-0.1, -0.05) is 32.6 Å². The van der Waals surface area contributed by atoms with E-state index >= 15 is 0 Å². The van der Waals surface area contributed by atoms with Crippen LogP contribution >= 0.6 is 0 Å². The average molecular weight is 239 g/mol. The predicted molar refractivity (Wildman–Crippen MR) is 71.8 cm³/mol. The Labute approximate surface area is 106 Å². The van der Waals surface area contributed by atoms with Crippen LogP contribution in [0.5, 0.6) is 0 Å². The zero-order valence-corrected chi connectivity index (χ0v) is 11.4. The van der Waals surface area contributed by atoms with E-state index in [1.165, 1.54) is 38.5 Å². The molecule has 2 heteroatoms. The lowest BCUT2D eigenvalue weighted by Crippen LogP contribution is -2.52. The largest absolute Gasteiger partial charge is 0.389 e. The summed E-state index contributed by atoms with van der Waals surface area (Å²) in [5.41, 5.74) is 5.68. The monoisotopic (exact) mass is 239 g/mol. The molecule has 0 amide bonds. The van der Waals surface area contributed by atoms with Gasteiger partial charge in [0.1, 0.15) is 0 Å². The molecule has 0 aromatic heterocycles. The van der Waals surface area contributed by atoms with Gasteiger partial charge in [0.2, 0.25) is 0 Å². The molecular formula is C15H29NO. The molecule has 2 saturated carbocycles. The molecule has 3 N–H and O–H groups in total. The van der Waals surface area contributed by atoms with Crippen molar-refractivity contribution in [2.45, 2.75) is 76.7 Å². The van der Waals surface area contributed by atoms with Crippen LogP contribution in [0.15, 0.2) is 0 Å². The van der Waals surface area contributed by atoms with Crippen molar-refractivity contribution >= 4 is 0 Å². The predicted octanol–water partition coefficient (Wildman–Crippen LogP) is 3.23. The van der Waals surface area contributed by atoms with E-state index in [1.807, 2.05) is 0 Å². The molecule has 0 aliphatic heterocycles. The van der Waals surface area contributed by atoms with Gasteiger partial charge < -0.3 is 10.8 Å². The summed E-state index contributed by atoms with van der Waals surface area (Å²) in [5, 5.41) is 10.9. The Morgan fingerprint density at radius 2 is 1.71 bits per heavy atom. The highest BCUT2D eigenvalue weighted by molar-refractivity contribution is 5.04. The number of hydrogen-bond donors (Lipinski definition) is 2. The highest BCUT2D eigenvalue weighted by atomic mass is 16.3. The minimum absolute atomic E-state index is 0.0493. The van der Waals surface area contributed by atoms with Crippen molar-refractivity contribution in [2.24, 2.45) is 17.1 Å². The summed E-state index contributed by atoms with van der Waals surface area (Å²) in [6.45, 7) is 2.96. The molecule has 0 saturated heterocycles. The number of aliphatic hydroxyl groups is 1. The van der Waals surface area contributed by atoms with E-state index < -0.39 is 5.60 Å². The molecule has 100 valence electrons. The van der Waals surface area contributed by atoms with Crippen molar-refractivity contribution in [2.75, 3.05) is 6.54 Å². The van der Waals surface area contributed by atoms with Crippen molar-refractivity contribution in [3.63, 3.8) is 0 Å². The smallest absolute Gasteiger partial charge is 0.0715 e. The maximum Gasteiger partial charge on any atom is 0.0715 e. The zero-order chi connectivity index (χ0) is 12.4. The molecular weight excluding hydrogens is 210 g/mol. The first kappa shape index (κ1) is 13.4. The third kappa shape index (κ3) is 2.39. The highest BCUT2D eigenvalue weighted by Gasteiger charge is 2.51. The fourth-order valence-electron chi connectivity index (χ4n) is 4.28. The van der Waals surface area contributed by atoms with Crippen LogP contribution in [-0.2, 0) is 0 Å². The quantitative estimate of drug-likeness (QED) is 0.791. The second-order valence-electron chi connectivity index (χ2n) is 6.46.